The van der Waals surface area contributed by atoms with Crippen LogP contribution in [-0.4, -0.2) is 51.3 Å². The minimum atomic E-state index is -0.104. The largest absolute Gasteiger partial charge is 0.345 e. The van der Waals surface area contributed by atoms with Gasteiger partial charge in [0.15, 0.2) is 5.16 Å². The molecule has 0 saturated heterocycles. The van der Waals surface area contributed by atoms with Gasteiger partial charge < -0.3 is 14.8 Å². The van der Waals surface area contributed by atoms with E-state index in [9.17, 15) is 9.59 Å². The zero-order valence-electron chi connectivity index (χ0n) is 15.1. The van der Waals surface area contributed by atoms with Gasteiger partial charge >= 0.3 is 0 Å². The maximum atomic E-state index is 12.2. The molecule has 0 radical (unpaired) electrons. The quantitative estimate of drug-likeness (QED) is 0.814. The maximum Gasteiger partial charge on any atom is 0.253 e. The summed E-state index contributed by atoms with van der Waals surface area (Å²) in [6.07, 6.45) is 4.44. The van der Waals surface area contributed by atoms with Gasteiger partial charge in [0.1, 0.15) is 5.82 Å². The Hall–Kier alpha value is -2.35. The third-order valence-corrected chi connectivity index (χ3v) is 5.20. The number of rotatable bonds is 5. The highest BCUT2D eigenvalue weighted by Crippen LogP contribution is 2.22. The van der Waals surface area contributed by atoms with Gasteiger partial charge in [-0.2, -0.15) is 0 Å². The standard InChI is InChI=1S/C18H23N5O2S/c1-22(2)17(25)13-7-9-14(10-8-13)19-16(24)12-26-18-21-20-15-6-4-3-5-11-23(15)18/h7-10H,3-6,11-12H2,1-2H3,(H,19,24). The average molecular weight is 373 g/mol. The van der Waals surface area contributed by atoms with Crippen LogP contribution < -0.4 is 5.32 Å². The number of amides is 2. The third kappa shape index (κ3) is 4.43. The average Bonchev–Trinajstić information content (AvgIpc) is 2.86. The Kier molecular flexibility index (Phi) is 5.92. The second-order valence-corrected chi connectivity index (χ2v) is 7.42. The first-order valence-electron chi connectivity index (χ1n) is 8.71. The molecule has 0 atom stereocenters. The van der Waals surface area contributed by atoms with Gasteiger partial charge in [-0.1, -0.05) is 18.2 Å². The summed E-state index contributed by atoms with van der Waals surface area (Å²) in [5.74, 6) is 1.13. The fraction of sp³-hybridized carbons (Fsp3) is 0.444. The Balaban J connectivity index is 1.55. The first-order chi connectivity index (χ1) is 12.5. The summed E-state index contributed by atoms with van der Waals surface area (Å²) >= 11 is 1.41. The molecule has 1 aromatic heterocycles. The molecule has 0 saturated carbocycles. The van der Waals surface area contributed by atoms with Crippen molar-refractivity contribution >= 4 is 29.3 Å². The highest BCUT2D eigenvalue weighted by atomic mass is 32.2. The second-order valence-electron chi connectivity index (χ2n) is 6.47. The van der Waals surface area contributed by atoms with Gasteiger partial charge in [-0.25, -0.2) is 0 Å². The summed E-state index contributed by atoms with van der Waals surface area (Å²) in [4.78, 5) is 25.6. The smallest absolute Gasteiger partial charge is 0.253 e. The summed E-state index contributed by atoms with van der Waals surface area (Å²) in [5, 5.41) is 12.1. The topological polar surface area (TPSA) is 80.1 Å². The maximum absolute atomic E-state index is 12.2. The molecule has 1 aliphatic rings. The summed E-state index contributed by atoms with van der Waals surface area (Å²) in [6, 6.07) is 6.90. The van der Waals surface area contributed by atoms with Crippen LogP contribution in [-0.2, 0) is 17.8 Å². The Morgan fingerprint density at radius 2 is 1.92 bits per heavy atom. The van der Waals surface area contributed by atoms with Crippen LogP contribution in [0.1, 0.15) is 35.4 Å². The van der Waals surface area contributed by atoms with E-state index in [1.165, 1.54) is 23.1 Å². The van der Waals surface area contributed by atoms with Crippen molar-refractivity contribution in [3.8, 4) is 0 Å². The fourth-order valence-electron chi connectivity index (χ4n) is 2.85. The second kappa shape index (κ2) is 8.35. The van der Waals surface area contributed by atoms with Crippen molar-refractivity contribution in [3.63, 3.8) is 0 Å². The number of hydrogen-bond acceptors (Lipinski definition) is 5. The fourth-order valence-corrected chi connectivity index (χ4v) is 3.63. The van der Waals surface area contributed by atoms with Crippen molar-refractivity contribution in [2.45, 2.75) is 37.4 Å². The predicted octanol–water partition coefficient (Wildman–Crippen LogP) is 2.44. The van der Waals surface area contributed by atoms with Gasteiger partial charge in [-0.05, 0) is 37.1 Å². The first-order valence-corrected chi connectivity index (χ1v) is 9.69. The van der Waals surface area contributed by atoms with Crippen LogP contribution >= 0.6 is 11.8 Å². The highest BCUT2D eigenvalue weighted by Gasteiger charge is 2.16. The van der Waals surface area contributed by atoms with Gasteiger partial charge in [-0.3, -0.25) is 9.59 Å². The van der Waals surface area contributed by atoms with Gasteiger partial charge in [0.05, 0.1) is 5.75 Å². The molecular formula is C18H23N5O2S. The van der Waals surface area contributed by atoms with E-state index in [1.54, 1.807) is 38.4 Å². The van der Waals surface area contributed by atoms with Crippen molar-refractivity contribution in [3.05, 3.63) is 35.7 Å². The van der Waals surface area contributed by atoms with E-state index in [0.29, 0.717) is 11.3 Å². The molecule has 7 nitrogen and oxygen atoms in total. The Morgan fingerprint density at radius 3 is 2.65 bits per heavy atom. The summed E-state index contributed by atoms with van der Waals surface area (Å²) in [6.45, 7) is 0.924. The van der Waals surface area contributed by atoms with E-state index in [-0.39, 0.29) is 17.6 Å². The molecule has 8 heteroatoms. The van der Waals surface area contributed by atoms with Crippen LogP contribution in [0.4, 0.5) is 5.69 Å². The van der Waals surface area contributed by atoms with Crippen LogP contribution in [0.2, 0.25) is 0 Å². The summed E-state index contributed by atoms with van der Waals surface area (Å²) < 4.78 is 2.13. The Bertz CT molecular complexity index is 785. The number of nitrogens with zero attached hydrogens (tertiary/aromatic N) is 4. The molecule has 2 heterocycles. The Labute approximate surface area is 157 Å². The molecule has 0 spiro atoms. The lowest BCUT2D eigenvalue weighted by Gasteiger charge is -2.11. The minimum absolute atomic E-state index is 0.0640. The molecule has 3 rings (SSSR count). The van der Waals surface area contributed by atoms with Gasteiger partial charge in [0.2, 0.25) is 5.91 Å². The molecule has 0 bridgehead atoms. The van der Waals surface area contributed by atoms with E-state index < -0.39 is 0 Å². The van der Waals surface area contributed by atoms with Crippen molar-refractivity contribution in [1.82, 2.24) is 19.7 Å². The van der Waals surface area contributed by atoms with Crippen LogP contribution in [0.25, 0.3) is 0 Å². The molecule has 1 aliphatic heterocycles. The van der Waals surface area contributed by atoms with E-state index in [0.717, 1.165) is 36.8 Å². The van der Waals surface area contributed by atoms with Crippen molar-refractivity contribution in [1.29, 1.82) is 0 Å². The van der Waals surface area contributed by atoms with E-state index in [2.05, 4.69) is 20.1 Å². The Morgan fingerprint density at radius 1 is 1.15 bits per heavy atom. The molecule has 1 N–H and O–H groups in total. The van der Waals surface area contributed by atoms with Gasteiger partial charge in [0, 0.05) is 38.3 Å². The first kappa shape index (κ1) is 18.4. The zero-order valence-corrected chi connectivity index (χ0v) is 15.9. The lowest BCUT2D eigenvalue weighted by atomic mass is 10.2. The molecule has 0 fully saturated rings. The normalized spacial score (nSPS) is 13.6. The number of carbonyl (C=O) groups excluding carboxylic acids is 2. The lowest BCUT2D eigenvalue weighted by molar-refractivity contribution is -0.113. The predicted molar refractivity (Wildman–Crippen MR) is 101 cm³/mol. The number of nitrogens with one attached hydrogen (secondary N) is 1. The lowest BCUT2D eigenvalue weighted by Crippen LogP contribution is -2.21. The molecule has 0 aliphatic carbocycles. The van der Waals surface area contributed by atoms with Crippen molar-refractivity contribution < 1.29 is 9.59 Å². The number of benzene rings is 1. The third-order valence-electron chi connectivity index (χ3n) is 4.23. The summed E-state index contributed by atoms with van der Waals surface area (Å²) in [7, 11) is 3.42. The molecule has 26 heavy (non-hydrogen) atoms. The highest BCUT2D eigenvalue weighted by molar-refractivity contribution is 7.99. The molecule has 0 unspecified atom stereocenters. The molecular weight excluding hydrogens is 350 g/mol. The molecule has 2 amide bonds. The van der Waals surface area contributed by atoms with E-state index in [1.807, 2.05) is 0 Å². The number of aromatic nitrogens is 3. The van der Waals surface area contributed by atoms with Crippen LogP contribution in [0.5, 0.6) is 0 Å². The molecule has 138 valence electrons. The van der Waals surface area contributed by atoms with Gasteiger partial charge in [0.25, 0.3) is 5.91 Å². The number of aryl methyl sites for hydroxylation is 1. The number of carbonyl (C=O) groups is 2. The monoisotopic (exact) mass is 373 g/mol. The van der Waals surface area contributed by atoms with Crippen molar-refractivity contribution in [2.75, 3.05) is 25.2 Å². The number of anilines is 1. The van der Waals surface area contributed by atoms with Crippen LogP contribution in [0, 0.1) is 0 Å². The van der Waals surface area contributed by atoms with E-state index >= 15 is 0 Å². The van der Waals surface area contributed by atoms with Gasteiger partial charge in [-0.15, -0.1) is 10.2 Å². The van der Waals surface area contributed by atoms with Crippen LogP contribution in [0.3, 0.4) is 0 Å². The SMILES string of the molecule is CN(C)C(=O)c1ccc(NC(=O)CSc2nnc3n2CCCCC3)cc1. The zero-order chi connectivity index (χ0) is 18.5. The number of hydrogen-bond donors (Lipinski definition) is 1. The number of thioether (sulfide) groups is 1. The molecule has 2 aromatic rings. The van der Waals surface area contributed by atoms with E-state index in [4.69, 9.17) is 0 Å². The van der Waals surface area contributed by atoms with Crippen molar-refractivity contribution in [2.24, 2.45) is 0 Å². The van der Waals surface area contributed by atoms with Crippen LogP contribution in [0.15, 0.2) is 29.4 Å². The molecule has 1 aromatic carbocycles. The number of fused-ring (bicyclic) bond motifs is 1. The summed E-state index contributed by atoms with van der Waals surface area (Å²) in [5.41, 5.74) is 1.26. The minimum Gasteiger partial charge on any atom is -0.345 e.